The van der Waals surface area contributed by atoms with E-state index in [1.165, 1.54) is 0 Å². The Labute approximate surface area is 147 Å². The van der Waals surface area contributed by atoms with Gasteiger partial charge in [-0.3, -0.25) is 4.90 Å². The second-order valence-electron chi connectivity index (χ2n) is 6.67. The minimum atomic E-state index is -0.109. The van der Waals surface area contributed by atoms with Gasteiger partial charge in [0.05, 0.1) is 11.1 Å². The molecule has 2 fully saturated rings. The fourth-order valence-electron chi connectivity index (χ4n) is 3.67. The summed E-state index contributed by atoms with van der Waals surface area (Å²) in [6.07, 6.45) is 3.95. The van der Waals surface area contributed by atoms with E-state index in [1.54, 1.807) is 12.1 Å². The van der Waals surface area contributed by atoms with Gasteiger partial charge in [0.15, 0.2) is 0 Å². The Hall–Kier alpha value is -0.520. The average molecular weight is 359 g/mol. The van der Waals surface area contributed by atoms with Crippen molar-refractivity contribution < 1.29 is 10.2 Å². The summed E-state index contributed by atoms with van der Waals surface area (Å²) in [5.74, 6) is 0.142. The van der Waals surface area contributed by atoms with E-state index in [4.69, 9.17) is 23.2 Å². The standard InChI is InChI=1S/C17H24Cl2N2O2/c18-13-9-12(17(23)16(19)10-13)11-20-5-1-14(2-6-20)21-7-3-15(22)4-8-21/h9-10,14-15,22-23H,1-8,11H2. The zero-order valence-corrected chi connectivity index (χ0v) is 14.7. The second-order valence-corrected chi connectivity index (χ2v) is 7.51. The van der Waals surface area contributed by atoms with E-state index >= 15 is 0 Å². The van der Waals surface area contributed by atoms with Crippen molar-refractivity contribution >= 4 is 23.2 Å². The van der Waals surface area contributed by atoms with Crippen LogP contribution in [0.3, 0.4) is 0 Å². The van der Waals surface area contributed by atoms with E-state index < -0.39 is 0 Å². The van der Waals surface area contributed by atoms with Crippen LogP contribution in [0, 0.1) is 0 Å². The number of halogens is 2. The monoisotopic (exact) mass is 358 g/mol. The van der Waals surface area contributed by atoms with Crippen molar-refractivity contribution in [3.63, 3.8) is 0 Å². The maximum absolute atomic E-state index is 10.1. The van der Waals surface area contributed by atoms with Crippen molar-refractivity contribution in [1.29, 1.82) is 0 Å². The Morgan fingerprint density at radius 1 is 1.00 bits per heavy atom. The SMILES string of the molecule is Oc1c(Cl)cc(Cl)cc1CN1CCC(N2CCC(O)CC2)CC1. The van der Waals surface area contributed by atoms with Crippen LogP contribution in [0.15, 0.2) is 12.1 Å². The molecular formula is C17H24Cl2N2O2. The number of likely N-dealkylation sites (tertiary alicyclic amines) is 2. The topological polar surface area (TPSA) is 46.9 Å². The van der Waals surface area contributed by atoms with Gasteiger partial charge in [0.1, 0.15) is 5.75 Å². The van der Waals surface area contributed by atoms with Gasteiger partial charge in [-0.1, -0.05) is 23.2 Å². The number of phenolic OH excluding ortho intramolecular Hbond substituents is 1. The van der Waals surface area contributed by atoms with Crippen LogP contribution in [0.2, 0.25) is 10.0 Å². The lowest BCUT2D eigenvalue weighted by Gasteiger charge is -2.41. The highest BCUT2D eigenvalue weighted by molar-refractivity contribution is 6.35. The molecule has 2 aliphatic rings. The fraction of sp³-hybridized carbons (Fsp3) is 0.647. The summed E-state index contributed by atoms with van der Waals surface area (Å²) in [5.41, 5.74) is 0.794. The highest BCUT2D eigenvalue weighted by atomic mass is 35.5. The molecule has 4 nitrogen and oxygen atoms in total. The molecule has 1 aromatic rings. The van der Waals surface area contributed by atoms with Crippen LogP contribution in [-0.2, 0) is 6.54 Å². The molecule has 23 heavy (non-hydrogen) atoms. The molecule has 2 saturated heterocycles. The summed E-state index contributed by atoms with van der Waals surface area (Å²) in [5, 5.41) is 20.6. The van der Waals surface area contributed by atoms with Crippen molar-refractivity contribution in [2.45, 2.75) is 44.4 Å². The number of rotatable bonds is 3. The van der Waals surface area contributed by atoms with E-state index in [-0.39, 0.29) is 11.9 Å². The van der Waals surface area contributed by atoms with Crippen LogP contribution < -0.4 is 0 Å². The van der Waals surface area contributed by atoms with Gasteiger partial charge in [-0.2, -0.15) is 0 Å². The van der Waals surface area contributed by atoms with Gasteiger partial charge >= 0.3 is 0 Å². The van der Waals surface area contributed by atoms with Crippen molar-refractivity contribution in [3.05, 3.63) is 27.7 Å². The van der Waals surface area contributed by atoms with Gasteiger partial charge in [0, 0.05) is 36.3 Å². The maximum atomic E-state index is 10.1. The molecule has 0 spiro atoms. The number of nitrogens with zero attached hydrogens (tertiary/aromatic N) is 2. The summed E-state index contributed by atoms with van der Waals surface area (Å²) >= 11 is 12.0. The summed E-state index contributed by atoms with van der Waals surface area (Å²) < 4.78 is 0. The molecule has 0 unspecified atom stereocenters. The number of benzene rings is 1. The highest BCUT2D eigenvalue weighted by Gasteiger charge is 2.27. The number of hydrogen-bond donors (Lipinski definition) is 2. The van der Waals surface area contributed by atoms with Gasteiger partial charge in [-0.25, -0.2) is 0 Å². The lowest BCUT2D eigenvalue weighted by Crippen LogP contribution is -2.48. The first-order chi connectivity index (χ1) is 11.0. The molecule has 1 aromatic carbocycles. The van der Waals surface area contributed by atoms with E-state index in [0.717, 1.165) is 57.4 Å². The number of aromatic hydroxyl groups is 1. The lowest BCUT2D eigenvalue weighted by atomic mass is 9.98. The summed E-state index contributed by atoms with van der Waals surface area (Å²) in [6.45, 7) is 4.71. The molecule has 0 saturated carbocycles. The molecule has 128 valence electrons. The van der Waals surface area contributed by atoms with Gasteiger partial charge in [0.25, 0.3) is 0 Å². The molecule has 3 rings (SSSR count). The lowest BCUT2D eigenvalue weighted by molar-refractivity contribution is 0.0375. The van der Waals surface area contributed by atoms with Gasteiger partial charge < -0.3 is 15.1 Å². The Bertz CT molecular complexity index is 540. The van der Waals surface area contributed by atoms with E-state index in [2.05, 4.69) is 9.80 Å². The van der Waals surface area contributed by atoms with Crippen molar-refractivity contribution in [2.24, 2.45) is 0 Å². The molecule has 2 heterocycles. The zero-order chi connectivity index (χ0) is 16.4. The molecule has 0 aromatic heterocycles. The van der Waals surface area contributed by atoms with Crippen LogP contribution in [0.1, 0.15) is 31.2 Å². The Balaban J connectivity index is 1.53. The normalized spacial score (nSPS) is 22.6. The number of phenols is 1. The largest absolute Gasteiger partial charge is 0.506 e. The van der Waals surface area contributed by atoms with Crippen LogP contribution in [0.4, 0.5) is 0 Å². The third kappa shape index (κ3) is 4.31. The van der Waals surface area contributed by atoms with E-state index in [9.17, 15) is 10.2 Å². The first kappa shape index (κ1) is 17.3. The second kappa shape index (κ2) is 7.58. The first-order valence-corrected chi connectivity index (χ1v) is 9.10. The predicted molar refractivity (Wildman–Crippen MR) is 93.2 cm³/mol. The van der Waals surface area contributed by atoms with E-state index in [1.807, 2.05) is 0 Å². The average Bonchev–Trinajstić information content (AvgIpc) is 2.54. The Kier molecular flexibility index (Phi) is 5.70. The summed E-state index contributed by atoms with van der Waals surface area (Å²) in [7, 11) is 0. The summed E-state index contributed by atoms with van der Waals surface area (Å²) in [4.78, 5) is 4.87. The van der Waals surface area contributed by atoms with Gasteiger partial charge in [0.2, 0.25) is 0 Å². The first-order valence-electron chi connectivity index (χ1n) is 8.34. The third-order valence-electron chi connectivity index (χ3n) is 5.07. The minimum Gasteiger partial charge on any atom is -0.506 e. The van der Waals surface area contributed by atoms with Gasteiger partial charge in [-0.05, 0) is 50.9 Å². The molecular weight excluding hydrogens is 335 g/mol. The highest BCUT2D eigenvalue weighted by Crippen LogP contribution is 2.32. The van der Waals surface area contributed by atoms with E-state index in [0.29, 0.717) is 22.6 Å². The van der Waals surface area contributed by atoms with Crippen LogP contribution in [0.25, 0.3) is 0 Å². The number of aliphatic hydroxyl groups is 1. The molecule has 2 aliphatic heterocycles. The number of aliphatic hydroxyl groups excluding tert-OH is 1. The fourth-order valence-corrected chi connectivity index (χ4v) is 4.21. The molecule has 0 atom stereocenters. The van der Waals surface area contributed by atoms with Crippen molar-refractivity contribution in [2.75, 3.05) is 26.2 Å². The number of piperidine rings is 2. The number of hydrogen-bond acceptors (Lipinski definition) is 4. The van der Waals surface area contributed by atoms with Gasteiger partial charge in [-0.15, -0.1) is 0 Å². The van der Waals surface area contributed by atoms with Crippen LogP contribution in [0.5, 0.6) is 5.75 Å². The quantitative estimate of drug-likeness (QED) is 0.871. The molecule has 6 heteroatoms. The zero-order valence-electron chi connectivity index (χ0n) is 13.2. The maximum Gasteiger partial charge on any atom is 0.138 e. The molecule has 0 bridgehead atoms. The summed E-state index contributed by atoms with van der Waals surface area (Å²) in [6, 6.07) is 3.98. The predicted octanol–water partition coefficient (Wildman–Crippen LogP) is 3.12. The molecule has 0 aliphatic carbocycles. The molecule has 0 radical (unpaired) electrons. The van der Waals surface area contributed by atoms with Crippen molar-refractivity contribution in [1.82, 2.24) is 9.80 Å². The van der Waals surface area contributed by atoms with Crippen molar-refractivity contribution in [3.8, 4) is 5.75 Å². The minimum absolute atomic E-state index is 0.109. The molecule has 0 amide bonds. The van der Waals surface area contributed by atoms with Crippen LogP contribution in [-0.4, -0.2) is 58.3 Å². The Morgan fingerprint density at radius 3 is 2.30 bits per heavy atom. The third-order valence-corrected chi connectivity index (χ3v) is 5.58. The Morgan fingerprint density at radius 2 is 1.65 bits per heavy atom. The smallest absolute Gasteiger partial charge is 0.138 e. The van der Waals surface area contributed by atoms with Crippen LogP contribution >= 0.6 is 23.2 Å². The molecule has 2 N–H and O–H groups in total.